The van der Waals surface area contributed by atoms with Crippen molar-refractivity contribution in [1.29, 1.82) is 0 Å². The van der Waals surface area contributed by atoms with E-state index >= 15 is 0 Å². The van der Waals surface area contributed by atoms with Gasteiger partial charge in [0.25, 0.3) is 5.91 Å². The second-order valence-corrected chi connectivity index (χ2v) is 5.24. The summed E-state index contributed by atoms with van der Waals surface area (Å²) in [6.45, 7) is 4.35. The molecular formula is C14H19F3N2O. The minimum atomic E-state index is -1.57. The second-order valence-electron chi connectivity index (χ2n) is 5.24. The van der Waals surface area contributed by atoms with Gasteiger partial charge in [0.05, 0.1) is 0 Å². The Kier molecular flexibility index (Phi) is 5.56. The maximum atomic E-state index is 13.1. The molecule has 20 heavy (non-hydrogen) atoms. The minimum absolute atomic E-state index is 0.0918. The predicted octanol–water partition coefficient (Wildman–Crippen LogP) is 2.42. The number of rotatable bonds is 5. The van der Waals surface area contributed by atoms with E-state index in [2.05, 4.69) is 5.32 Å². The molecule has 1 rings (SSSR count). The number of halogens is 3. The zero-order valence-corrected chi connectivity index (χ0v) is 12.0. The van der Waals surface area contributed by atoms with Crippen molar-refractivity contribution in [2.75, 3.05) is 20.6 Å². The molecule has 3 nitrogen and oxygen atoms in total. The molecule has 0 saturated heterocycles. The first-order valence-electron chi connectivity index (χ1n) is 6.33. The number of nitrogens with zero attached hydrogens (tertiary/aromatic N) is 1. The lowest BCUT2D eigenvalue weighted by Gasteiger charge is -2.28. The normalized spacial score (nSPS) is 12.8. The number of amides is 1. The number of benzene rings is 1. The molecule has 0 aliphatic heterocycles. The lowest BCUT2D eigenvalue weighted by Crippen LogP contribution is -2.43. The maximum Gasteiger partial charge on any atom is 0.251 e. The Balaban J connectivity index is 2.77. The van der Waals surface area contributed by atoms with Crippen molar-refractivity contribution in [1.82, 2.24) is 10.2 Å². The quantitative estimate of drug-likeness (QED) is 0.844. The van der Waals surface area contributed by atoms with Gasteiger partial charge < -0.3 is 10.2 Å². The third-order valence-electron chi connectivity index (χ3n) is 3.15. The monoisotopic (exact) mass is 288 g/mol. The molecule has 1 amide bonds. The number of likely N-dealkylation sites (N-methyl/N-ethyl adjacent to an activating group) is 1. The van der Waals surface area contributed by atoms with Crippen molar-refractivity contribution in [3.05, 3.63) is 35.1 Å². The molecule has 0 aliphatic carbocycles. The van der Waals surface area contributed by atoms with Crippen LogP contribution in [0.5, 0.6) is 0 Å². The molecule has 1 aromatic carbocycles. The molecule has 0 saturated carbocycles. The topological polar surface area (TPSA) is 32.3 Å². The molecule has 1 atom stereocenters. The van der Waals surface area contributed by atoms with Crippen LogP contribution in [0.4, 0.5) is 13.2 Å². The number of hydrogen-bond acceptors (Lipinski definition) is 2. The molecule has 6 heteroatoms. The van der Waals surface area contributed by atoms with E-state index in [1.807, 2.05) is 32.8 Å². The van der Waals surface area contributed by atoms with Gasteiger partial charge in [-0.15, -0.1) is 0 Å². The Morgan fingerprint density at radius 1 is 1.20 bits per heavy atom. The van der Waals surface area contributed by atoms with Gasteiger partial charge in [-0.05, 0) is 32.1 Å². The fourth-order valence-electron chi connectivity index (χ4n) is 2.00. The van der Waals surface area contributed by atoms with Gasteiger partial charge in [-0.25, -0.2) is 13.2 Å². The van der Waals surface area contributed by atoms with Crippen LogP contribution < -0.4 is 5.32 Å². The van der Waals surface area contributed by atoms with Crippen molar-refractivity contribution in [3.63, 3.8) is 0 Å². The highest BCUT2D eigenvalue weighted by atomic mass is 19.2. The summed E-state index contributed by atoms with van der Waals surface area (Å²) in [6, 6.07) is 1.47. The Hall–Kier alpha value is -1.56. The highest BCUT2D eigenvalue weighted by Crippen LogP contribution is 2.14. The third-order valence-corrected chi connectivity index (χ3v) is 3.15. The number of nitrogens with one attached hydrogen (secondary N) is 1. The van der Waals surface area contributed by atoms with E-state index in [0.717, 1.165) is 0 Å². The molecule has 0 aromatic heterocycles. The molecule has 0 spiro atoms. The largest absolute Gasteiger partial charge is 0.350 e. The number of carbonyl (C=O) groups excluding carboxylic acids is 1. The van der Waals surface area contributed by atoms with Crippen LogP contribution >= 0.6 is 0 Å². The average Bonchev–Trinajstić information content (AvgIpc) is 2.34. The van der Waals surface area contributed by atoms with Gasteiger partial charge in [0.2, 0.25) is 0 Å². The van der Waals surface area contributed by atoms with E-state index in [9.17, 15) is 18.0 Å². The summed E-state index contributed by atoms with van der Waals surface area (Å²) >= 11 is 0. The first-order chi connectivity index (χ1) is 9.23. The average molecular weight is 288 g/mol. The third kappa shape index (κ3) is 3.96. The summed E-state index contributed by atoms with van der Waals surface area (Å²) < 4.78 is 38.9. The minimum Gasteiger partial charge on any atom is -0.350 e. The number of carbonyl (C=O) groups is 1. The molecule has 0 fully saturated rings. The van der Waals surface area contributed by atoms with Gasteiger partial charge in [-0.1, -0.05) is 13.8 Å². The van der Waals surface area contributed by atoms with Gasteiger partial charge in [-0.3, -0.25) is 4.79 Å². The van der Waals surface area contributed by atoms with Crippen LogP contribution in [-0.4, -0.2) is 37.5 Å². The standard InChI is InChI=1S/C14H19F3N2O/c1-8(2)12(19(3)4)7-18-14(20)9-5-10(15)13(17)11(16)6-9/h5-6,8,12H,7H2,1-4H3,(H,18,20). The summed E-state index contributed by atoms with van der Waals surface area (Å²) in [5.41, 5.74) is -0.234. The van der Waals surface area contributed by atoms with Crippen LogP contribution in [0.2, 0.25) is 0 Å². The smallest absolute Gasteiger partial charge is 0.251 e. The lowest BCUT2D eigenvalue weighted by atomic mass is 10.0. The van der Waals surface area contributed by atoms with Gasteiger partial charge in [0.15, 0.2) is 17.5 Å². The Morgan fingerprint density at radius 3 is 2.10 bits per heavy atom. The molecular weight excluding hydrogens is 269 g/mol. The van der Waals surface area contributed by atoms with Crippen LogP contribution in [0.3, 0.4) is 0 Å². The summed E-state index contributed by atoms with van der Waals surface area (Å²) in [5.74, 6) is -4.65. The fourth-order valence-corrected chi connectivity index (χ4v) is 2.00. The number of hydrogen-bond donors (Lipinski definition) is 1. The Bertz CT molecular complexity index is 458. The first kappa shape index (κ1) is 16.5. The van der Waals surface area contributed by atoms with Crippen LogP contribution in [-0.2, 0) is 0 Å². The molecule has 1 N–H and O–H groups in total. The molecule has 0 aliphatic rings. The van der Waals surface area contributed by atoms with E-state index in [0.29, 0.717) is 24.6 Å². The summed E-state index contributed by atoms with van der Waals surface area (Å²) in [5, 5.41) is 2.60. The first-order valence-corrected chi connectivity index (χ1v) is 6.33. The maximum absolute atomic E-state index is 13.1. The summed E-state index contributed by atoms with van der Waals surface area (Å²) in [7, 11) is 3.77. The van der Waals surface area contributed by atoms with E-state index in [4.69, 9.17) is 0 Å². The van der Waals surface area contributed by atoms with E-state index < -0.39 is 23.4 Å². The second kappa shape index (κ2) is 6.74. The molecule has 1 aromatic rings. The van der Waals surface area contributed by atoms with Crippen molar-refractivity contribution in [2.24, 2.45) is 5.92 Å². The summed E-state index contributed by atoms with van der Waals surface area (Å²) in [4.78, 5) is 13.8. The van der Waals surface area contributed by atoms with Crippen molar-refractivity contribution in [3.8, 4) is 0 Å². The molecule has 112 valence electrons. The van der Waals surface area contributed by atoms with Gasteiger partial charge in [0.1, 0.15) is 0 Å². The van der Waals surface area contributed by atoms with Gasteiger partial charge in [0, 0.05) is 18.2 Å². The predicted molar refractivity (Wildman–Crippen MR) is 71.0 cm³/mol. The Morgan fingerprint density at radius 2 is 1.70 bits per heavy atom. The zero-order chi connectivity index (χ0) is 15.4. The molecule has 0 bridgehead atoms. The van der Waals surface area contributed by atoms with E-state index in [-0.39, 0.29) is 11.6 Å². The van der Waals surface area contributed by atoms with Crippen LogP contribution in [0.25, 0.3) is 0 Å². The van der Waals surface area contributed by atoms with Gasteiger partial charge in [-0.2, -0.15) is 0 Å². The van der Waals surface area contributed by atoms with Gasteiger partial charge >= 0.3 is 0 Å². The SMILES string of the molecule is CC(C)C(CNC(=O)c1cc(F)c(F)c(F)c1)N(C)C. The Labute approximate surface area is 116 Å². The molecule has 0 radical (unpaired) electrons. The highest BCUT2D eigenvalue weighted by molar-refractivity contribution is 5.94. The van der Waals surface area contributed by atoms with Crippen LogP contribution in [0.15, 0.2) is 12.1 Å². The van der Waals surface area contributed by atoms with Crippen LogP contribution in [0.1, 0.15) is 24.2 Å². The zero-order valence-electron chi connectivity index (χ0n) is 12.0. The molecule has 0 heterocycles. The molecule has 1 unspecified atom stereocenters. The summed E-state index contributed by atoms with van der Waals surface area (Å²) in [6.07, 6.45) is 0. The fraction of sp³-hybridized carbons (Fsp3) is 0.500. The lowest BCUT2D eigenvalue weighted by molar-refractivity contribution is 0.0933. The van der Waals surface area contributed by atoms with E-state index in [1.165, 1.54) is 0 Å². The highest BCUT2D eigenvalue weighted by Gasteiger charge is 2.19. The van der Waals surface area contributed by atoms with E-state index in [1.54, 1.807) is 0 Å². The van der Waals surface area contributed by atoms with Crippen molar-refractivity contribution < 1.29 is 18.0 Å². The van der Waals surface area contributed by atoms with Crippen molar-refractivity contribution >= 4 is 5.91 Å². The van der Waals surface area contributed by atoms with Crippen molar-refractivity contribution in [2.45, 2.75) is 19.9 Å². The van der Waals surface area contributed by atoms with Crippen LogP contribution in [0, 0.1) is 23.4 Å².